The summed E-state index contributed by atoms with van der Waals surface area (Å²) in [5, 5.41) is 10.2. The van der Waals surface area contributed by atoms with Crippen LogP contribution in [-0.2, 0) is 16.6 Å². The Morgan fingerprint density at radius 2 is 1.79 bits per heavy atom. The molecular formula is C27H36N2O4. The minimum Gasteiger partial charge on any atom is -0.493 e. The van der Waals surface area contributed by atoms with Gasteiger partial charge in [0, 0.05) is 6.54 Å². The van der Waals surface area contributed by atoms with Crippen LogP contribution in [0.15, 0.2) is 42.5 Å². The standard InChI is InChI=1S/C27H36N2O4/c1-20(2)27(19-28,23-10-7-9-22(18-23)26(30)33-6)14-8-15-29(3)16-13-21-11-12-24(31-4)25(17-21)32-5/h7,9-12,17-18,20H,8,13-16H2,1-6H3. The molecule has 0 bridgehead atoms. The summed E-state index contributed by atoms with van der Waals surface area (Å²) in [5.74, 6) is 1.18. The van der Waals surface area contributed by atoms with Gasteiger partial charge in [-0.2, -0.15) is 5.26 Å². The molecule has 2 rings (SSSR count). The molecule has 0 spiro atoms. The zero-order chi connectivity index (χ0) is 24.4. The Morgan fingerprint density at radius 3 is 2.39 bits per heavy atom. The third kappa shape index (κ3) is 6.49. The topological polar surface area (TPSA) is 71.8 Å². The van der Waals surface area contributed by atoms with E-state index in [1.54, 1.807) is 26.4 Å². The second-order valence-electron chi connectivity index (χ2n) is 8.66. The van der Waals surface area contributed by atoms with Crippen LogP contribution in [0.25, 0.3) is 0 Å². The van der Waals surface area contributed by atoms with Gasteiger partial charge in [0.2, 0.25) is 0 Å². The van der Waals surface area contributed by atoms with Crippen LogP contribution in [0.4, 0.5) is 0 Å². The van der Waals surface area contributed by atoms with Gasteiger partial charge in [-0.15, -0.1) is 0 Å². The fourth-order valence-corrected chi connectivity index (χ4v) is 4.15. The van der Waals surface area contributed by atoms with Crippen LogP contribution in [-0.4, -0.2) is 52.3 Å². The van der Waals surface area contributed by atoms with Gasteiger partial charge in [-0.1, -0.05) is 32.0 Å². The summed E-state index contributed by atoms with van der Waals surface area (Å²) in [4.78, 5) is 14.3. The van der Waals surface area contributed by atoms with E-state index in [0.29, 0.717) is 12.0 Å². The number of benzene rings is 2. The number of nitrogens with zero attached hydrogens (tertiary/aromatic N) is 2. The summed E-state index contributed by atoms with van der Waals surface area (Å²) in [7, 11) is 6.75. The van der Waals surface area contributed by atoms with E-state index >= 15 is 0 Å². The maximum Gasteiger partial charge on any atom is 0.337 e. The second-order valence-corrected chi connectivity index (χ2v) is 8.66. The highest BCUT2D eigenvalue weighted by molar-refractivity contribution is 5.89. The molecular weight excluding hydrogens is 416 g/mol. The Bertz CT molecular complexity index is 967. The Hall–Kier alpha value is -3.04. The number of carbonyl (C=O) groups is 1. The Labute approximate surface area is 198 Å². The van der Waals surface area contributed by atoms with Crippen molar-refractivity contribution in [2.75, 3.05) is 41.5 Å². The molecule has 0 aliphatic rings. The number of ether oxygens (including phenoxy) is 3. The maximum absolute atomic E-state index is 12.0. The van der Waals surface area contributed by atoms with Gasteiger partial charge in [-0.3, -0.25) is 0 Å². The minimum atomic E-state index is -0.659. The fourth-order valence-electron chi connectivity index (χ4n) is 4.15. The number of esters is 1. The molecule has 0 N–H and O–H groups in total. The highest BCUT2D eigenvalue weighted by atomic mass is 16.5. The smallest absolute Gasteiger partial charge is 0.337 e. The lowest BCUT2D eigenvalue weighted by Gasteiger charge is -2.32. The van der Waals surface area contributed by atoms with Crippen molar-refractivity contribution in [1.82, 2.24) is 4.90 Å². The van der Waals surface area contributed by atoms with Crippen molar-refractivity contribution in [3.8, 4) is 17.6 Å². The minimum absolute atomic E-state index is 0.104. The van der Waals surface area contributed by atoms with Crippen LogP contribution in [0, 0.1) is 17.2 Å². The lowest BCUT2D eigenvalue weighted by atomic mass is 9.69. The summed E-state index contributed by atoms with van der Waals surface area (Å²) < 4.78 is 15.6. The van der Waals surface area contributed by atoms with E-state index in [1.165, 1.54) is 12.7 Å². The highest BCUT2D eigenvalue weighted by Gasteiger charge is 2.36. The van der Waals surface area contributed by atoms with E-state index in [1.807, 2.05) is 24.3 Å². The van der Waals surface area contributed by atoms with Gasteiger partial charge in [-0.25, -0.2) is 4.79 Å². The van der Waals surface area contributed by atoms with E-state index in [9.17, 15) is 10.1 Å². The number of hydrogen-bond donors (Lipinski definition) is 0. The first kappa shape index (κ1) is 26.2. The van der Waals surface area contributed by atoms with Gasteiger partial charge in [0.25, 0.3) is 0 Å². The second kappa shape index (κ2) is 12.3. The number of carbonyl (C=O) groups excluding carboxylic acids is 1. The van der Waals surface area contributed by atoms with Gasteiger partial charge in [0.15, 0.2) is 11.5 Å². The average Bonchev–Trinajstić information content (AvgIpc) is 2.84. The summed E-state index contributed by atoms with van der Waals surface area (Å²) in [5.41, 5.74) is 1.87. The molecule has 0 aliphatic heterocycles. The van der Waals surface area contributed by atoms with Gasteiger partial charge in [-0.05, 0) is 74.2 Å². The number of rotatable bonds is 12. The van der Waals surface area contributed by atoms with Gasteiger partial charge in [0.05, 0.1) is 38.4 Å². The molecule has 6 heteroatoms. The molecule has 33 heavy (non-hydrogen) atoms. The van der Waals surface area contributed by atoms with Crippen molar-refractivity contribution in [3.05, 3.63) is 59.2 Å². The van der Waals surface area contributed by atoms with Crippen LogP contribution in [0.3, 0.4) is 0 Å². The molecule has 0 radical (unpaired) electrons. The zero-order valence-electron chi connectivity index (χ0n) is 20.7. The summed E-state index contributed by atoms with van der Waals surface area (Å²) in [6.07, 6.45) is 2.48. The quantitative estimate of drug-likeness (QED) is 0.428. The molecule has 2 aromatic rings. The Morgan fingerprint density at radius 1 is 1.06 bits per heavy atom. The van der Waals surface area contributed by atoms with Crippen LogP contribution >= 0.6 is 0 Å². The zero-order valence-corrected chi connectivity index (χ0v) is 20.7. The highest BCUT2D eigenvalue weighted by Crippen LogP contribution is 2.37. The molecule has 0 aliphatic carbocycles. The number of methoxy groups -OCH3 is 3. The molecule has 178 valence electrons. The Balaban J connectivity index is 2.02. The first-order chi connectivity index (χ1) is 15.8. The molecule has 0 fully saturated rings. The third-order valence-corrected chi connectivity index (χ3v) is 6.33. The van der Waals surface area contributed by atoms with E-state index in [4.69, 9.17) is 14.2 Å². The number of nitriles is 1. The molecule has 1 unspecified atom stereocenters. The Kier molecular flexibility index (Phi) is 9.74. The normalized spacial score (nSPS) is 12.8. The van der Waals surface area contributed by atoms with Crippen LogP contribution < -0.4 is 9.47 Å². The van der Waals surface area contributed by atoms with Gasteiger partial charge >= 0.3 is 5.97 Å². The van der Waals surface area contributed by atoms with E-state index < -0.39 is 5.41 Å². The monoisotopic (exact) mass is 452 g/mol. The van der Waals surface area contributed by atoms with Crippen molar-refractivity contribution < 1.29 is 19.0 Å². The van der Waals surface area contributed by atoms with E-state index in [0.717, 1.165) is 43.0 Å². The molecule has 0 saturated heterocycles. The maximum atomic E-state index is 12.0. The summed E-state index contributed by atoms with van der Waals surface area (Å²) in [6.45, 7) is 5.90. The molecule has 6 nitrogen and oxygen atoms in total. The predicted octanol–water partition coefficient (Wildman–Crippen LogP) is 4.86. The lowest BCUT2D eigenvalue weighted by molar-refractivity contribution is 0.0600. The van der Waals surface area contributed by atoms with Gasteiger partial charge in [0.1, 0.15) is 0 Å². The summed E-state index contributed by atoms with van der Waals surface area (Å²) >= 11 is 0. The van der Waals surface area contributed by atoms with Crippen LogP contribution in [0.1, 0.15) is 48.2 Å². The number of likely N-dealkylation sites (N-methyl/N-ethyl adjacent to an activating group) is 1. The van der Waals surface area contributed by atoms with Crippen molar-refractivity contribution in [1.29, 1.82) is 5.26 Å². The van der Waals surface area contributed by atoms with Crippen LogP contribution in [0.2, 0.25) is 0 Å². The molecule has 0 saturated carbocycles. The van der Waals surface area contributed by atoms with Crippen molar-refractivity contribution in [2.24, 2.45) is 5.92 Å². The average molecular weight is 453 g/mol. The first-order valence-electron chi connectivity index (χ1n) is 11.3. The van der Waals surface area contributed by atoms with Gasteiger partial charge < -0.3 is 19.1 Å². The predicted molar refractivity (Wildman–Crippen MR) is 130 cm³/mol. The van der Waals surface area contributed by atoms with E-state index in [2.05, 4.69) is 37.9 Å². The number of hydrogen-bond acceptors (Lipinski definition) is 6. The molecule has 0 aromatic heterocycles. The van der Waals surface area contributed by atoms with Crippen molar-refractivity contribution in [3.63, 3.8) is 0 Å². The van der Waals surface area contributed by atoms with E-state index in [-0.39, 0.29) is 11.9 Å². The lowest BCUT2D eigenvalue weighted by Crippen LogP contribution is -2.33. The molecule has 1 atom stereocenters. The molecule has 0 heterocycles. The first-order valence-corrected chi connectivity index (χ1v) is 11.3. The van der Waals surface area contributed by atoms with Crippen LogP contribution in [0.5, 0.6) is 11.5 Å². The molecule has 2 aromatic carbocycles. The summed E-state index contributed by atoms with van der Waals surface area (Å²) in [6, 6.07) is 15.9. The van der Waals surface area contributed by atoms with Crippen molar-refractivity contribution in [2.45, 2.75) is 38.5 Å². The fraction of sp³-hybridized carbons (Fsp3) is 0.481. The largest absolute Gasteiger partial charge is 0.493 e. The van der Waals surface area contributed by atoms with Crippen molar-refractivity contribution >= 4 is 5.97 Å². The third-order valence-electron chi connectivity index (χ3n) is 6.33. The molecule has 0 amide bonds. The SMILES string of the molecule is COC(=O)c1cccc(C(C#N)(CCCN(C)CCc2ccc(OC)c(OC)c2)C(C)C)c1.